The van der Waals surface area contributed by atoms with Crippen molar-refractivity contribution in [2.24, 2.45) is 5.92 Å². The molecular formula is C22H31N3O4. The van der Waals surface area contributed by atoms with Gasteiger partial charge in [0, 0.05) is 24.3 Å². The average molecular weight is 402 g/mol. The Balaban J connectivity index is 1.76. The molecule has 7 heteroatoms. The molecule has 1 fully saturated rings. The Kier molecular flexibility index (Phi) is 8.24. The molecule has 1 saturated carbocycles. The standard InChI is InChI=1S/C22H31N3O4/c1-22(2,3)29-21(28)23-14-13-20(27)25-18-10-6-9-17(15-18)24-19(26)12-11-16-7-4-5-8-16/h6,9-12,15-16H,4-5,7-8,13-14H2,1-3H3,(H,23,28)(H,24,26)(H,25,27)/b12-11+. The summed E-state index contributed by atoms with van der Waals surface area (Å²) in [5.74, 6) is 0.0771. The van der Waals surface area contributed by atoms with Crippen LogP contribution in [0.5, 0.6) is 0 Å². The molecule has 1 aliphatic rings. The number of alkyl carbamates (subject to hydrolysis) is 1. The Morgan fingerprint density at radius 2 is 1.76 bits per heavy atom. The zero-order chi connectivity index (χ0) is 21.3. The number of carbonyl (C=O) groups is 3. The van der Waals surface area contributed by atoms with Crippen LogP contribution in [0, 0.1) is 5.92 Å². The maximum atomic E-state index is 12.1. The van der Waals surface area contributed by atoms with Gasteiger partial charge in [0.05, 0.1) is 0 Å². The first-order chi connectivity index (χ1) is 13.7. The average Bonchev–Trinajstić information content (AvgIpc) is 3.12. The molecule has 3 N–H and O–H groups in total. The predicted molar refractivity (Wildman–Crippen MR) is 114 cm³/mol. The molecule has 158 valence electrons. The summed E-state index contributed by atoms with van der Waals surface area (Å²) in [6.45, 7) is 5.49. The molecule has 0 saturated heterocycles. The summed E-state index contributed by atoms with van der Waals surface area (Å²) in [6, 6.07) is 6.95. The second-order valence-electron chi connectivity index (χ2n) is 8.20. The van der Waals surface area contributed by atoms with Crippen LogP contribution in [0.2, 0.25) is 0 Å². The first-order valence-corrected chi connectivity index (χ1v) is 10.1. The van der Waals surface area contributed by atoms with Crippen molar-refractivity contribution in [1.29, 1.82) is 0 Å². The van der Waals surface area contributed by atoms with E-state index in [0.29, 0.717) is 17.3 Å². The maximum absolute atomic E-state index is 12.1. The van der Waals surface area contributed by atoms with Crippen molar-refractivity contribution >= 4 is 29.3 Å². The number of hydrogen-bond donors (Lipinski definition) is 3. The monoisotopic (exact) mass is 401 g/mol. The van der Waals surface area contributed by atoms with E-state index in [0.717, 1.165) is 12.8 Å². The van der Waals surface area contributed by atoms with Crippen LogP contribution in [0.15, 0.2) is 36.4 Å². The van der Waals surface area contributed by atoms with E-state index in [-0.39, 0.29) is 24.8 Å². The number of anilines is 2. The lowest BCUT2D eigenvalue weighted by Gasteiger charge is -2.19. The van der Waals surface area contributed by atoms with Gasteiger partial charge < -0.3 is 20.7 Å². The van der Waals surface area contributed by atoms with Crippen molar-refractivity contribution in [3.63, 3.8) is 0 Å². The third-order valence-electron chi connectivity index (χ3n) is 4.35. The van der Waals surface area contributed by atoms with Crippen LogP contribution in [0.4, 0.5) is 16.2 Å². The highest BCUT2D eigenvalue weighted by Gasteiger charge is 2.16. The van der Waals surface area contributed by atoms with Gasteiger partial charge in [0.1, 0.15) is 5.60 Å². The van der Waals surface area contributed by atoms with E-state index in [2.05, 4.69) is 16.0 Å². The van der Waals surface area contributed by atoms with Crippen molar-refractivity contribution in [3.05, 3.63) is 36.4 Å². The van der Waals surface area contributed by atoms with E-state index in [1.54, 1.807) is 51.1 Å². The Morgan fingerprint density at radius 1 is 1.10 bits per heavy atom. The summed E-state index contributed by atoms with van der Waals surface area (Å²) in [6.07, 6.45) is 7.87. The second kappa shape index (κ2) is 10.6. The summed E-state index contributed by atoms with van der Waals surface area (Å²) in [5, 5.41) is 8.11. The van der Waals surface area contributed by atoms with Crippen molar-refractivity contribution in [2.75, 3.05) is 17.2 Å². The van der Waals surface area contributed by atoms with Gasteiger partial charge in [-0.25, -0.2) is 4.79 Å². The van der Waals surface area contributed by atoms with Crippen molar-refractivity contribution < 1.29 is 19.1 Å². The van der Waals surface area contributed by atoms with E-state index in [4.69, 9.17) is 4.74 Å². The van der Waals surface area contributed by atoms with Gasteiger partial charge in [0.15, 0.2) is 0 Å². The van der Waals surface area contributed by atoms with Gasteiger partial charge in [0.2, 0.25) is 11.8 Å². The summed E-state index contributed by atoms with van der Waals surface area (Å²) in [4.78, 5) is 35.7. The maximum Gasteiger partial charge on any atom is 0.407 e. The van der Waals surface area contributed by atoms with E-state index in [1.165, 1.54) is 12.8 Å². The molecule has 0 heterocycles. The lowest BCUT2D eigenvalue weighted by molar-refractivity contribution is -0.116. The number of amides is 3. The van der Waals surface area contributed by atoms with Gasteiger partial charge in [-0.2, -0.15) is 0 Å². The fourth-order valence-corrected chi connectivity index (χ4v) is 3.05. The molecule has 0 radical (unpaired) electrons. The van der Waals surface area contributed by atoms with Crippen LogP contribution in [0.3, 0.4) is 0 Å². The Labute approximate surface area is 172 Å². The highest BCUT2D eigenvalue weighted by Crippen LogP contribution is 2.25. The van der Waals surface area contributed by atoms with Crippen molar-refractivity contribution in [2.45, 2.75) is 58.5 Å². The van der Waals surface area contributed by atoms with E-state index in [9.17, 15) is 14.4 Å². The van der Waals surface area contributed by atoms with E-state index in [1.807, 2.05) is 6.08 Å². The van der Waals surface area contributed by atoms with Crippen LogP contribution in [-0.4, -0.2) is 30.1 Å². The fraction of sp³-hybridized carbons (Fsp3) is 0.500. The molecule has 0 aliphatic heterocycles. The first kappa shape index (κ1) is 22.5. The molecule has 1 aliphatic carbocycles. The lowest BCUT2D eigenvalue weighted by Crippen LogP contribution is -2.34. The molecule has 0 spiro atoms. The summed E-state index contributed by atoms with van der Waals surface area (Å²) in [5.41, 5.74) is 0.601. The van der Waals surface area contributed by atoms with Gasteiger partial charge in [-0.1, -0.05) is 25.0 Å². The van der Waals surface area contributed by atoms with Crippen LogP contribution < -0.4 is 16.0 Å². The smallest absolute Gasteiger partial charge is 0.407 e. The molecule has 0 atom stereocenters. The lowest BCUT2D eigenvalue weighted by atomic mass is 10.1. The van der Waals surface area contributed by atoms with Gasteiger partial charge in [0.25, 0.3) is 0 Å². The Morgan fingerprint density at radius 3 is 2.41 bits per heavy atom. The fourth-order valence-electron chi connectivity index (χ4n) is 3.05. The third-order valence-corrected chi connectivity index (χ3v) is 4.35. The van der Waals surface area contributed by atoms with Crippen LogP contribution in [0.25, 0.3) is 0 Å². The van der Waals surface area contributed by atoms with E-state index >= 15 is 0 Å². The minimum absolute atomic E-state index is 0.111. The van der Waals surface area contributed by atoms with E-state index < -0.39 is 11.7 Å². The molecule has 0 bridgehead atoms. The van der Waals surface area contributed by atoms with Gasteiger partial charge in [-0.3, -0.25) is 9.59 Å². The number of hydrogen-bond acceptors (Lipinski definition) is 4. The molecule has 0 aromatic heterocycles. The van der Waals surface area contributed by atoms with Gasteiger partial charge in [-0.05, 0) is 63.8 Å². The van der Waals surface area contributed by atoms with Gasteiger partial charge in [-0.15, -0.1) is 0 Å². The minimum Gasteiger partial charge on any atom is -0.444 e. The Bertz CT molecular complexity index is 747. The predicted octanol–water partition coefficient (Wildman–Crippen LogP) is 4.22. The number of allylic oxidation sites excluding steroid dienone is 1. The molecule has 3 amide bonds. The van der Waals surface area contributed by atoms with Crippen LogP contribution in [-0.2, 0) is 14.3 Å². The quantitative estimate of drug-likeness (QED) is 0.596. The summed E-state index contributed by atoms with van der Waals surface area (Å²) >= 11 is 0. The highest BCUT2D eigenvalue weighted by atomic mass is 16.6. The van der Waals surface area contributed by atoms with Crippen molar-refractivity contribution in [3.8, 4) is 0 Å². The normalized spacial score (nSPS) is 14.6. The molecule has 29 heavy (non-hydrogen) atoms. The number of ether oxygens (including phenoxy) is 1. The summed E-state index contributed by atoms with van der Waals surface area (Å²) < 4.78 is 5.12. The zero-order valence-corrected chi connectivity index (χ0v) is 17.4. The molecule has 1 aromatic carbocycles. The topological polar surface area (TPSA) is 96.5 Å². The number of nitrogens with one attached hydrogen (secondary N) is 3. The number of carbonyl (C=O) groups excluding carboxylic acids is 3. The van der Waals surface area contributed by atoms with Crippen molar-refractivity contribution in [1.82, 2.24) is 5.32 Å². The zero-order valence-electron chi connectivity index (χ0n) is 17.4. The second-order valence-corrected chi connectivity index (χ2v) is 8.20. The summed E-state index contributed by atoms with van der Waals surface area (Å²) in [7, 11) is 0. The molecule has 7 nitrogen and oxygen atoms in total. The highest BCUT2D eigenvalue weighted by molar-refractivity contribution is 6.00. The first-order valence-electron chi connectivity index (χ1n) is 10.1. The molecule has 0 unspecified atom stereocenters. The van der Waals surface area contributed by atoms with Gasteiger partial charge >= 0.3 is 6.09 Å². The van der Waals surface area contributed by atoms with Crippen LogP contribution in [0.1, 0.15) is 52.9 Å². The third kappa shape index (κ3) is 9.27. The largest absolute Gasteiger partial charge is 0.444 e. The van der Waals surface area contributed by atoms with Crippen LogP contribution >= 0.6 is 0 Å². The number of benzene rings is 1. The SMILES string of the molecule is CC(C)(C)OC(=O)NCCC(=O)Nc1cccc(NC(=O)/C=C/C2CCCC2)c1. The molecule has 1 aromatic rings. The number of rotatable bonds is 7. The molecular weight excluding hydrogens is 370 g/mol. The Hall–Kier alpha value is -2.83. The molecule has 2 rings (SSSR count). The minimum atomic E-state index is -0.580.